The van der Waals surface area contributed by atoms with E-state index in [1.54, 1.807) is 0 Å². The Morgan fingerprint density at radius 3 is 2.45 bits per heavy atom. The first-order chi connectivity index (χ1) is 19.4. The monoisotopic (exact) mass is 544 g/mol. The maximum Gasteiger partial charge on any atom is 0.272 e. The van der Waals surface area contributed by atoms with Crippen molar-refractivity contribution in [2.75, 3.05) is 17.2 Å². The van der Waals surface area contributed by atoms with Crippen molar-refractivity contribution in [1.29, 1.82) is 0 Å². The molecule has 0 radical (unpaired) electrons. The molecule has 13 heteroatoms. The molecule has 0 saturated heterocycles. The van der Waals surface area contributed by atoms with E-state index < -0.39 is 18.9 Å². The van der Waals surface area contributed by atoms with Crippen molar-refractivity contribution in [3.8, 4) is 11.4 Å². The Kier molecular flexibility index (Phi) is 6.60. The summed E-state index contributed by atoms with van der Waals surface area (Å²) in [5.41, 5.74) is 3.59. The average molecular weight is 545 g/mol. The first-order valence-corrected chi connectivity index (χ1v) is 12.4. The van der Waals surface area contributed by atoms with E-state index in [9.17, 15) is 18.4 Å². The first-order valence-electron chi connectivity index (χ1n) is 12.4. The van der Waals surface area contributed by atoms with Gasteiger partial charge in [0.1, 0.15) is 23.4 Å². The number of alkyl halides is 2. The predicted molar refractivity (Wildman–Crippen MR) is 142 cm³/mol. The highest BCUT2D eigenvalue weighted by Crippen LogP contribution is 2.26. The van der Waals surface area contributed by atoms with Gasteiger partial charge < -0.3 is 15.4 Å². The number of fused-ring (bicyclic) bond motifs is 2. The molecule has 202 valence electrons. The number of ether oxygens (including phenoxy) is 1. The molecule has 0 aliphatic heterocycles. The smallest absolute Gasteiger partial charge is 0.272 e. The lowest BCUT2D eigenvalue weighted by Gasteiger charge is -2.14. The number of halogens is 2. The van der Waals surface area contributed by atoms with Gasteiger partial charge in [-0.2, -0.15) is 15.4 Å². The molecule has 0 fully saturated rings. The summed E-state index contributed by atoms with van der Waals surface area (Å²) in [6.45, 7) is -0.896. The minimum atomic E-state index is -2.73. The molecule has 0 spiro atoms. The third-order valence-electron chi connectivity index (χ3n) is 6.50. The van der Waals surface area contributed by atoms with E-state index in [0.29, 0.717) is 22.7 Å². The van der Waals surface area contributed by atoms with Crippen molar-refractivity contribution in [2.24, 2.45) is 0 Å². The zero-order valence-corrected chi connectivity index (χ0v) is 20.8. The largest absolute Gasteiger partial charge is 0.487 e. The van der Waals surface area contributed by atoms with Crippen LogP contribution in [0.3, 0.4) is 0 Å². The number of benzene rings is 2. The standard InChI is InChI=1S/C27H22F2N8O3/c28-24(29)14-40-23-10-22-21(34-36-35-22)9-20(23)26(39)32-17-5-6-25(38)37(13-17)19-11-30-27(31-12-19)33-18-7-15-3-1-2-4-16(15)8-18/h1-6,9-13,18,24H,7-8,14H2,(H,32,39)(H,30,31,33)(H,34,35,36). The molecule has 3 N–H and O–H groups in total. The molecule has 1 amide bonds. The van der Waals surface area contributed by atoms with Gasteiger partial charge in [0.25, 0.3) is 17.9 Å². The Balaban J connectivity index is 1.19. The summed E-state index contributed by atoms with van der Waals surface area (Å²) in [5, 5.41) is 16.3. The lowest BCUT2D eigenvalue weighted by molar-refractivity contribution is 0.0804. The number of H-pyrrole nitrogens is 1. The summed E-state index contributed by atoms with van der Waals surface area (Å²) >= 11 is 0. The summed E-state index contributed by atoms with van der Waals surface area (Å²) in [4.78, 5) is 34.5. The second-order valence-electron chi connectivity index (χ2n) is 9.23. The third kappa shape index (κ3) is 5.21. The highest BCUT2D eigenvalue weighted by atomic mass is 19.3. The fourth-order valence-electron chi connectivity index (χ4n) is 4.64. The maximum absolute atomic E-state index is 13.1. The van der Waals surface area contributed by atoms with E-state index in [1.165, 1.54) is 58.6 Å². The summed E-state index contributed by atoms with van der Waals surface area (Å²) in [5.74, 6) is -0.277. The van der Waals surface area contributed by atoms with Gasteiger partial charge in [-0.1, -0.05) is 24.3 Å². The van der Waals surface area contributed by atoms with Gasteiger partial charge in [0.05, 0.1) is 29.3 Å². The number of carbonyl (C=O) groups excluding carboxylic acids is 1. The van der Waals surface area contributed by atoms with Gasteiger partial charge in [-0.05, 0) is 36.1 Å². The number of aromatic amines is 1. The molecule has 1 aliphatic rings. The molecule has 0 bridgehead atoms. The lowest BCUT2D eigenvalue weighted by Crippen LogP contribution is -2.22. The second-order valence-corrected chi connectivity index (χ2v) is 9.23. The Labute approximate surface area is 225 Å². The van der Waals surface area contributed by atoms with Crippen LogP contribution in [0, 0.1) is 0 Å². The summed E-state index contributed by atoms with van der Waals surface area (Å²) in [6, 6.07) is 13.9. The molecule has 1 aliphatic carbocycles. The van der Waals surface area contributed by atoms with Gasteiger partial charge in [-0.15, -0.1) is 0 Å². The van der Waals surface area contributed by atoms with Crippen LogP contribution in [0.25, 0.3) is 16.7 Å². The number of nitrogens with one attached hydrogen (secondary N) is 3. The molecule has 0 unspecified atom stereocenters. The maximum atomic E-state index is 13.1. The fraction of sp³-hybridized carbons (Fsp3) is 0.185. The van der Waals surface area contributed by atoms with Crippen LogP contribution in [0.5, 0.6) is 5.75 Å². The number of hydrogen-bond donors (Lipinski definition) is 3. The van der Waals surface area contributed by atoms with Crippen LogP contribution in [0.1, 0.15) is 21.5 Å². The Hall–Kier alpha value is -5.20. The normalized spacial score (nSPS) is 13.0. The van der Waals surface area contributed by atoms with E-state index in [4.69, 9.17) is 4.74 Å². The van der Waals surface area contributed by atoms with Gasteiger partial charge in [0.15, 0.2) is 0 Å². The number of pyridine rings is 1. The molecule has 3 heterocycles. The molecular weight excluding hydrogens is 522 g/mol. The van der Waals surface area contributed by atoms with Gasteiger partial charge in [0, 0.05) is 24.4 Å². The van der Waals surface area contributed by atoms with Crippen molar-refractivity contribution in [1.82, 2.24) is 29.9 Å². The number of aromatic nitrogens is 6. The van der Waals surface area contributed by atoms with Crippen molar-refractivity contribution < 1.29 is 18.3 Å². The minimum absolute atomic E-state index is 0.0207. The number of amides is 1. The van der Waals surface area contributed by atoms with Crippen LogP contribution in [0.15, 0.2) is 71.9 Å². The van der Waals surface area contributed by atoms with E-state index in [0.717, 1.165) is 12.8 Å². The summed E-state index contributed by atoms with van der Waals surface area (Å²) in [6.07, 6.45) is 3.47. The van der Waals surface area contributed by atoms with Crippen LogP contribution >= 0.6 is 0 Å². The van der Waals surface area contributed by atoms with Gasteiger partial charge in [-0.3, -0.25) is 14.2 Å². The van der Waals surface area contributed by atoms with E-state index in [1.807, 2.05) is 12.1 Å². The van der Waals surface area contributed by atoms with Crippen molar-refractivity contribution in [2.45, 2.75) is 25.3 Å². The van der Waals surface area contributed by atoms with Crippen LogP contribution in [0.4, 0.5) is 20.4 Å². The number of nitrogens with zero attached hydrogens (tertiary/aromatic N) is 5. The highest BCUT2D eigenvalue weighted by molar-refractivity contribution is 6.08. The van der Waals surface area contributed by atoms with Gasteiger partial charge in [0.2, 0.25) is 5.95 Å². The molecular formula is C27H22F2N8O3. The van der Waals surface area contributed by atoms with Crippen molar-refractivity contribution in [3.63, 3.8) is 0 Å². The topological polar surface area (TPSA) is 140 Å². The number of anilines is 2. The minimum Gasteiger partial charge on any atom is -0.487 e. The van der Waals surface area contributed by atoms with Crippen LogP contribution in [-0.2, 0) is 12.8 Å². The molecule has 0 saturated carbocycles. The Bertz CT molecular complexity index is 1730. The second kappa shape index (κ2) is 10.5. The van der Waals surface area contributed by atoms with E-state index in [-0.39, 0.29) is 28.6 Å². The van der Waals surface area contributed by atoms with Gasteiger partial charge in [-0.25, -0.2) is 18.7 Å². The molecule has 6 rings (SSSR count). The molecule has 0 atom stereocenters. The third-order valence-corrected chi connectivity index (χ3v) is 6.50. The van der Waals surface area contributed by atoms with E-state index in [2.05, 4.69) is 48.1 Å². The predicted octanol–water partition coefficient (Wildman–Crippen LogP) is 3.37. The first kappa shape index (κ1) is 25.1. The number of rotatable bonds is 8. The molecule has 5 aromatic rings. The van der Waals surface area contributed by atoms with E-state index >= 15 is 0 Å². The molecule has 3 aromatic heterocycles. The van der Waals surface area contributed by atoms with Gasteiger partial charge >= 0.3 is 0 Å². The average Bonchev–Trinajstić information content (AvgIpc) is 3.58. The van der Waals surface area contributed by atoms with Crippen LogP contribution < -0.4 is 20.9 Å². The Morgan fingerprint density at radius 1 is 1.05 bits per heavy atom. The molecule has 11 nitrogen and oxygen atoms in total. The zero-order chi connectivity index (χ0) is 27.6. The zero-order valence-electron chi connectivity index (χ0n) is 20.8. The SMILES string of the molecule is O=C(Nc1ccc(=O)n(-c2cnc(NC3Cc4ccccc4C3)nc2)c1)c1cc2n[nH]nc2cc1OCC(F)F. The van der Waals surface area contributed by atoms with Crippen LogP contribution in [0.2, 0.25) is 0 Å². The quantitative estimate of drug-likeness (QED) is 0.270. The highest BCUT2D eigenvalue weighted by Gasteiger charge is 2.22. The fourth-order valence-corrected chi connectivity index (χ4v) is 4.64. The summed E-state index contributed by atoms with van der Waals surface area (Å²) < 4.78 is 32.0. The number of carbonyl (C=O) groups is 1. The van der Waals surface area contributed by atoms with Crippen LogP contribution in [-0.4, -0.2) is 54.9 Å². The molecule has 40 heavy (non-hydrogen) atoms. The number of hydrogen-bond acceptors (Lipinski definition) is 8. The molecule has 2 aromatic carbocycles. The Morgan fingerprint density at radius 2 is 1.75 bits per heavy atom. The van der Waals surface area contributed by atoms with Crippen molar-refractivity contribution >= 4 is 28.6 Å². The summed E-state index contributed by atoms with van der Waals surface area (Å²) in [7, 11) is 0. The van der Waals surface area contributed by atoms with Crippen molar-refractivity contribution in [3.05, 3.63) is 94.2 Å². The lowest BCUT2D eigenvalue weighted by atomic mass is 10.1.